The fraction of sp³-hybridized carbons (Fsp3) is 1.00. The fourth-order valence-corrected chi connectivity index (χ4v) is 5.44. The molecular formula is C18H37NOS. The molecule has 1 rings (SSSR count). The van der Waals surface area contributed by atoms with E-state index in [0.29, 0.717) is 17.2 Å². The van der Waals surface area contributed by atoms with Gasteiger partial charge in [-0.1, -0.05) is 71.6 Å². The van der Waals surface area contributed by atoms with Crippen molar-refractivity contribution in [2.75, 3.05) is 12.8 Å². The Morgan fingerprint density at radius 2 is 1.52 bits per heavy atom. The number of nitrogens with one attached hydrogen (secondary N) is 1. The Bertz CT molecular complexity index is 282. The second-order valence-electron chi connectivity index (χ2n) is 6.90. The van der Waals surface area contributed by atoms with Gasteiger partial charge in [-0.05, 0) is 25.8 Å². The van der Waals surface area contributed by atoms with Crippen molar-refractivity contribution in [2.45, 2.75) is 95.8 Å². The van der Waals surface area contributed by atoms with Gasteiger partial charge in [0.1, 0.15) is 0 Å². The summed E-state index contributed by atoms with van der Waals surface area (Å²) in [7, 11) is 1.39. The lowest BCUT2D eigenvalue weighted by Gasteiger charge is -2.28. The molecule has 4 unspecified atom stereocenters. The lowest BCUT2D eigenvalue weighted by Crippen LogP contribution is -2.41. The molecule has 0 aromatic rings. The van der Waals surface area contributed by atoms with E-state index in [1.807, 2.05) is 0 Å². The highest BCUT2D eigenvalue weighted by Crippen LogP contribution is 2.22. The van der Waals surface area contributed by atoms with Crippen LogP contribution in [-0.2, 0) is 10.8 Å². The zero-order valence-corrected chi connectivity index (χ0v) is 15.4. The molecule has 1 fully saturated rings. The summed E-state index contributed by atoms with van der Waals surface area (Å²) in [5, 5.41) is 3.85. The summed E-state index contributed by atoms with van der Waals surface area (Å²) in [6, 6.07) is 0.453. The van der Waals surface area contributed by atoms with Crippen molar-refractivity contribution >= 4 is 10.8 Å². The van der Waals surface area contributed by atoms with E-state index in [-0.39, 0.29) is 0 Å². The van der Waals surface area contributed by atoms with Gasteiger partial charge in [-0.3, -0.25) is 4.21 Å². The average molecular weight is 316 g/mol. The van der Waals surface area contributed by atoms with Gasteiger partial charge in [-0.2, -0.15) is 0 Å². The Kier molecular flexibility index (Phi) is 10.6. The van der Waals surface area contributed by atoms with Crippen LogP contribution in [0.2, 0.25) is 0 Å². The molecule has 0 radical (unpaired) electrons. The summed E-state index contributed by atoms with van der Waals surface area (Å²) in [6.45, 7) is 4.44. The highest BCUT2D eigenvalue weighted by molar-refractivity contribution is 7.85. The number of hydrogen-bond acceptors (Lipinski definition) is 2. The van der Waals surface area contributed by atoms with Crippen LogP contribution in [0.4, 0.5) is 0 Å². The summed E-state index contributed by atoms with van der Waals surface area (Å²) in [6.07, 6.45) is 14.3. The lowest BCUT2D eigenvalue weighted by molar-refractivity contribution is 0.427. The van der Waals surface area contributed by atoms with Gasteiger partial charge in [0.05, 0.1) is 5.25 Å². The molecule has 1 aliphatic rings. The summed E-state index contributed by atoms with van der Waals surface area (Å²) in [5.41, 5.74) is 0. The summed E-state index contributed by atoms with van der Waals surface area (Å²) < 4.78 is 12.8. The third-order valence-electron chi connectivity index (χ3n) is 5.06. The van der Waals surface area contributed by atoms with E-state index in [0.717, 1.165) is 18.6 Å². The van der Waals surface area contributed by atoms with Gasteiger partial charge in [0, 0.05) is 22.6 Å². The molecule has 0 heterocycles. The van der Waals surface area contributed by atoms with Gasteiger partial charge in [0.25, 0.3) is 0 Å². The lowest BCUT2D eigenvalue weighted by atomic mass is 9.97. The average Bonchev–Trinajstić information content (AvgIpc) is 2.47. The molecule has 0 amide bonds. The maximum Gasteiger partial charge on any atom is 0.0501 e. The molecule has 0 aromatic heterocycles. The van der Waals surface area contributed by atoms with E-state index in [1.54, 1.807) is 0 Å². The summed E-state index contributed by atoms with van der Waals surface area (Å²) in [4.78, 5) is 0. The topological polar surface area (TPSA) is 29.1 Å². The normalized spacial score (nSPS) is 29.1. The molecule has 0 saturated heterocycles. The molecule has 3 heteroatoms. The third-order valence-corrected chi connectivity index (χ3v) is 7.19. The van der Waals surface area contributed by atoms with Crippen molar-refractivity contribution < 1.29 is 4.21 Å². The SMILES string of the molecule is CCC(C)CS(=O)C1CCCCCCCCCCC1NC. The Morgan fingerprint density at radius 1 is 1.00 bits per heavy atom. The van der Waals surface area contributed by atoms with Crippen molar-refractivity contribution in [2.24, 2.45) is 5.92 Å². The molecule has 21 heavy (non-hydrogen) atoms. The molecule has 126 valence electrons. The largest absolute Gasteiger partial charge is 0.316 e. The second kappa shape index (κ2) is 11.6. The Labute approximate surface area is 135 Å². The zero-order valence-electron chi connectivity index (χ0n) is 14.5. The molecule has 1 saturated carbocycles. The molecule has 1 aliphatic carbocycles. The molecule has 0 bridgehead atoms. The Morgan fingerprint density at radius 3 is 2.05 bits per heavy atom. The minimum Gasteiger partial charge on any atom is -0.316 e. The van der Waals surface area contributed by atoms with E-state index in [1.165, 1.54) is 57.8 Å². The van der Waals surface area contributed by atoms with Crippen molar-refractivity contribution in [3.8, 4) is 0 Å². The number of rotatable bonds is 5. The van der Waals surface area contributed by atoms with Gasteiger partial charge in [-0.15, -0.1) is 0 Å². The van der Waals surface area contributed by atoms with Crippen molar-refractivity contribution in [3.63, 3.8) is 0 Å². The van der Waals surface area contributed by atoms with E-state index in [2.05, 4.69) is 26.2 Å². The highest BCUT2D eigenvalue weighted by Gasteiger charge is 2.26. The monoisotopic (exact) mass is 315 g/mol. The van der Waals surface area contributed by atoms with Gasteiger partial charge in [-0.25, -0.2) is 0 Å². The first kappa shape index (κ1) is 19.2. The van der Waals surface area contributed by atoms with Crippen molar-refractivity contribution in [1.29, 1.82) is 0 Å². The van der Waals surface area contributed by atoms with Crippen LogP contribution in [0.1, 0.15) is 84.5 Å². The second-order valence-corrected chi connectivity index (χ2v) is 8.60. The van der Waals surface area contributed by atoms with Crippen LogP contribution < -0.4 is 5.32 Å². The van der Waals surface area contributed by atoms with Gasteiger partial charge >= 0.3 is 0 Å². The van der Waals surface area contributed by atoms with E-state index in [9.17, 15) is 4.21 Å². The number of hydrogen-bond donors (Lipinski definition) is 1. The Balaban J connectivity index is 2.63. The predicted molar refractivity (Wildman–Crippen MR) is 95.3 cm³/mol. The van der Waals surface area contributed by atoms with Crippen molar-refractivity contribution in [1.82, 2.24) is 5.32 Å². The van der Waals surface area contributed by atoms with Crippen LogP contribution >= 0.6 is 0 Å². The summed E-state index contributed by atoms with van der Waals surface area (Å²) in [5.74, 6) is 1.48. The van der Waals surface area contributed by atoms with Crippen LogP contribution in [0.25, 0.3) is 0 Å². The van der Waals surface area contributed by atoms with Gasteiger partial charge in [0.2, 0.25) is 0 Å². The smallest absolute Gasteiger partial charge is 0.0501 e. The highest BCUT2D eigenvalue weighted by atomic mass is 32.2. The van der Waals surface area contributed by atoms with Crippen LogP contribution in [-0.4, -0.2) is 28.3 Å². The first-order chi connectivity index (χ1) is 10.2. The van der Waals surface area contributed by atoms with E-state index < -0.39 is 10.8 Å². The van der Waals surface area contributed by atoms with Gasteiger partial charge < -0.3 is 5.32 Å². The fourth-order valence-electron chi connectivity index (χ4n) is 3.32. The molecule has 0 aliphatic heterocycles. The van der Waals surface area contributed by atoms with E-state index >= 15 is 0 Å². The minimum atomic E-state index is -0.671. The van der Waals surface area contributed by atoms with Gasteiger partial charge in [0.15, 0.2) is 0 Å². The maximum absolute atomic E-state index is 12.8. The maximum atomic E-state index is 12.8. The van der Waals surface area contributed by atoms with Crippen LogP contribution in [0.5, 0.6) is 0 Å². The molecular weight excluding hydrogens is 278 g/mol. The molecule has 4 atom stereocenters. The van der Waals surface area contributed by atoms with Crippen LogP contribution in [0.15, 0.2) is 0 Å². The quantitative estimate of drug-likeness (QED) is 0.800. The third kappa shape index (κ3) is 7.78. The van der Waals surface area contributed by atoms with Crippen molar-refractivity contribution in [3.05, 3.63) is 0 Å². The zero-order chi connectivity index (χ0) is 15.5. The first-order valence-corrected chi connectivity index (χ1v) is 10.6. The first-order valence-electron chi connectivity index (χ1n) is 9.23. The van der Waals surface area contributed by atoms with Crippen LogP contribution in [0, 0.1) is 5.92 Å². The van der Waals surface area contributed by atoms with E-state index in [4.69, 9.17) is 0 Å². The molecule has 1 N–H and O–H groups in total. The molecule has 0 aromatic carbocycles. The van der Waals surface area contributed by atoms with Crippen LogP contribution in [0.3, 0.4) is 0 Å². The summed E-state index contributed by atoms with van der Waals surface area (Å²) >= 11 is 0. The predicted octanol–water partition coefficient (Wildman–Crippen LogP) is 4.65. The molecule has 0 spiro atoms. The standard InChI is InChI=1S/C18H37NOS/c1-4-16(2)15-21(20)18-14-12-10-8-6-5-7-9-11-13-17(18)19-3/h16-19H,4-15H2,1-3H3. The minimum absolute atomic E-state index is 0.364. The molecule has 2 nitrogen and oxygen atoms in total. The Hall–Kier alpha value is 0.110.